The fourth-order valence-electron chi connectivity index (χ4n) is 2.54. The Kier molecular flexibility index (Phi) is 5.66. The van der Waals surface area contributed by atoms with Gasteiger partial charge in [-0.05, 0) is 31.9 Å². The molecule has 6 heteroatoms. The maximum atomic E-state index is 12.3. The van der Waals surface area contributed by atoms with E-state index in [-0.39, 0.29) is 12.4 Å². The third kappa shape index (κ3) is 3.92. The van der Waals surface area contributed by atoms with E-state index in [1.54, 1.807) is 6.07 Å². The molecule has 0 spiro atoms. The van der Waals surface area contributed by atoms with Gasteiger partial charge in [0.1, 0.15) is 4.34 Å². The Bertz CT molecular complexity index is 448. The van der Waals surface area contributed by atoms with Crippen molar-refractivity contribution in [3.63, 3.8) is 0 Å². The molecule has 1 fully saturated rings. The van der Waals surface area contributed by atoms with Gasteiger partial charge in [0.05, 0.1) is 16.4 Å². The first-order valence-corrected chi connectivity index (χ1v) is 8.02. The minimum absolute atomic E-state index is 0.0120. The molecule has 106 valence electrons. The van der Waals surface area contributed by atoms with Crippen LogP contribution in [0.2, 0.25) is 8.67 Å². The van der Waals surface area contributed by atoms with Gasteiger partial charge in [-0.2, -0.15) is 0 Å². The number of rotatable bonds is 5. The van der Waals surface area contributed by atoms with Crippen LogP contribution >= 0.6 is 34.5 Å². The van der Waals surface area contributed by atoms with Crippen LogP contribution in [0.4, 0.5) is 0 Å². The highest BCUT2D eigenvalue weighted by molar-refractivity contribution is 7.20. The molecule has 1 unspecified atom stereocenters. The molecule has 1 N–H and O–H groups in total. The zero-order chi connectivity index (χ0) is 13.8. The molecule has 1 atom stereocenters. The predicted molar refractivity (Wildman–Crippen MR) is 79.6 cm³/mol. The van der Waals surface area contributed by atoms with Gasteiger partial charge in [0.15, 0.2) is 5.78 Å². The van der Waals surface area contributed by atoms with Crippen molar-refractivity contribution in [2.75, 3.05) is 19.7 Å². The van der Waals surface area contributed by atoms with Crippen molar-refractivity contribution in [2.24, 2.45) is 0 Å². The SMILES string of the molecule is O=C(CN1CCCCC1CCO)c1cc(Cl)sc1Cl. The molecule has 1 aliphatic rings. The third-order valence-electron chi connectivity index (χ3n) is 3.52. The van der Waals surface area contributed by atoms with E-state index >= 15 is 0 Å². The number of carbonyl (C=O) groups excluding carboxylic acids is 1. The molecule has 2 rings (SSSR count). The van der Waals surface area contributed by atoms with Crippen LogP contribution in [0.25, 0.3) is 0 Å². The Morgan fingerprint density at radius 3 is 2.89 bits per heavy atom. The molecule has 0 bridgehead atoms. The number of likely N-dealkylation sites (tertiary alicyclic amines) is 1. The normalized spacial score (nSPS) is 20.7. The molecule has 0 aliphatic carbocycles. The number of piperidine rings is 1. The van der Waals surface area contributed by atoms with E-state index in [2.05, 4.69) is 4.90 Å². The quantitative estimate of drug-likeness (QED) is 0.844. The van der Waals surface area contributed by atoms with Gasteiger partial charge in [0.25, 0.3) is 0 Å². The van der Waals surface area contributed by atoms with Crippen LogP contribution in [-0.2, 0) is 0 Å². The van der Waals surface area contributed by atoms with Gasteiger partial charge in [-0.15, -0.1) is 11.3 Å². The highest BCUT2D eigenvalue weighted by atomic mass is 35.5. The van der Waals surface area contributed by atoms with Crippen LogP contribution in [0, 0.1) is 0 Å². The van der Waals surface area contributed by atoms with E-state index in [1.807, 2.05) is 0 Å². The van der Waals surface area contributed by atoms with E-state index in [0.717, 1.165) is 25.8 Å². The van der Waals surface area contributed by atoms with Crippen molar-refractivity contribution in [3.05, 3.63) is 20.3 Å². The summed E-state index contributed by atoms with van der Waals surface area (Å²) >= 11 is 13.1. The van der Waals surface area contributed by atoms with Crippen LogP contribution in [0.3, 0.4) is 0 Å². The zero-order valence-corrected chi connectivity index (χ0v) is 12.9. The van der Waals surface area contributed by atoms with Gasteiger partial charge >= 0.3 is 0 Å². The molecular weight excluding hydrogens is 305 g/mol. The highest BCUT2D eigenvalue weighted by Gasteiger charge is 2.25. The monoisotopic (exact) mass is 321 g/mol. The molecule has 0 saturated carbocycles. The Hall–Kier alpha value is -0.130. The summed E-state index contributed by atoms with van der Waals surface area (Å²) in [4.78, 5) is 14.4. The number of ketones is 1. The molecule has 0 radical (unpaired) electrons. The lowest BCUT2D eigenvalue weighted by Crippen LogP contribution is -2.43. The topological polar surface area (TPSA) is 40.5 Å². The van der Waals surface area contributed by atoms with Gasteiger partial charge < -0.3 is 5.11 Å². The van der Waals surface area contributed by atoms with Crippen LogP contribution in [-0.4, -0.2) is 41.5 Å². The van der Waals surface area contributed by atoms with E-state index in [0.29, 0.717) is 26.8 Å². The van der Waals surface area contributed by atoms with E-state index in [9.17, 15) is 4.79 Å². The molecule has 1 aromatic rings. The van der Waals surface area contributed by atoms with E-state index in [4.69, 9.17) is 28.3 Å². The lowest BCUT2D eigenvalue weighted by molar-refractivity contribution is 0.0799. The maximum absolute atomic E-state index is 12.3. The third-order valence-corrected chi connectivity index (χ3v) is 5.00. The largest absolute Gasteiger partial charge is 0.396 e. The molecule has 0 aromatic carbocycles. The zero-order valence-electron chi connectivity index (χ0n) is 10.6. The van der Waals surface area contributed by atoms with Gasteiger partial charge in [-0.25, -0.2) is 0 Å². The molecular formula is C13H17Cl2NO2S. The van der Waals surface area contributed by atoms with Crippen molar-refractivity contribution in [1.29, 1.82) is 0 Å². The van der Waals surface area contributed by atoms with Crippen molar-refractivity contribution in [1.82, 2.24) is 4.90 Å². The van der Waals surface area contributed by atoms with Crippen molar-refractivity contribution in [3.8, 4) is 0 Å². The number of hydrogen-bond acceptors (Lipinski definition) is 4. The molecule has 1 aliphatic heterocycles. The number of Topliss-reactive ketones (excluding diaryl/α,β-unsaturated/α-hetero) is 1. The molecule has 1 saturated heterocycles. The Morgan fingerprint density at radius 1 is 1.47 bits per heavy atom. The summed E-state index contributed by atoms with van der Waals surface area (Å²) in [6, 6.07) is 1.94. The Labute approximate surface area is 127 Å². The first kappa shape index (κ1) is 15.3. The summed E-state index contributed by atoms with van der Waals surface area (Å²) in [5.74, 6) is 0.0120. The van der Waals surface area contributed by atoms with Crippen molar-refractivity contribution < 1.29 is 9.90 Å². The number of thiophene rings is 1. The first-order chi connectivity index (χ1) is 9.11. The second-order valence-electron chi connectivity index (χ2n) is 4.79. The van der Waals surface area contributed by atoms with Crippen molar-refractivity contribution >= 4 is 40.3 Å². The van der Waals surface area contributed by atoms with E-state index in [1.165, 1.54) is 17.8 Å². The van der Waals surface area contributed by atoms with Crippen LogP contribution < -0.4 is 0 Å². The predicted octanol–water partition coefficient (Wildman–Crippen LogP) is 3.47. The standard InChI is InChI=1S/C13H17Cl2NO2S/c14-12-7-10(13(15)19-12)11(18)8-16-5-2-1-3-9(16)4-6-17/h7,9,17H,1-6,8H2. The number of hydrogen-bond donors (Lipinski definition) is 1. The molecule has 2 heterocycles. The van der Waals surface area contributed by atoms with Gasteiger partial charge in [-0.1, -0.05) is 29.6 Å². The molecule has 3 nitrogen and oxygen atoms in total. The second-order valence-corrected chi connectivity index (χ2v) is 7.08. The fraction of sp³-hybridized carbons (Fsp3) is 0.615. The van der Waals surface area contributed by atoms with Gasteiger partial charge in [0.2, 0.25) is 0 Å². The average molecular weight is 322 g/mol. The summed E-state index contributed by atoms with van der Waals surface area (Å²) in [7, 11) is 0. The molecule has 0 amide bonds. The van der Waals surface area contributed by atoms with E-state index < -0.39 is 0 Å². The van der Waals surface area contributed by atoms with Gasteiger partial charge in [-0.3, -0.25) is 9.69 Å². The van der Waals surface area contributed by atoms with Crippen LogP contribution in [0.1, 0.15) is 36.0 Å². The lowest BCUT2D eigenvalue weighted by atomic mass is 9.99. The minimum atomic E-state index is 0.0120. The smallest absolute Gasteiger partial charge is 0.179 e. The summed E-state index contributed by atoms with van der Waals surface area (Å²) in [5, 5.41) is 9.09. The number of aliphatic hydroxyl groups excluding tert-OH is 1. The minimum Gasteiger partial charge on any atom is -0.396 e. The number of halogens is 2. The summed E-state index contributed by atoms with van der Waals surface area (Å²) in [5.41, 5.74) is 0.519. The summed E-state index contributed by atoms with van der Waals surface area (Å²) in [6.07, 6.45) is 4.05. The van der Waals surface area contributed by atoms with Gasteiger partial charge in [0, 0.05) is 12.6 Å². The molecule has 1 aromatic heterocycles. The molecule has 19 heavy (non-hydrogen) atoms. The highest BCUT2D eigenvalue weighted by Crippen LogP contribution is 2.32. The number of aliphatic hydroxyl groups is 1. The Morgan fingerprint density at radius 2 is 2.26 bits per heavy atom. The van der Waals surface area contributed by atoms with Crippen molar-refractivity contribution in [2.45, 2.75) is 31.7 Å². The number of carbonyl (C=O) groups is 1. The fourth-order valence-corrected chi connectivity index (χ4v) is 4.04. The van der Waals surface area contributed by atoms with Crippen LogP contribution in [0.5, 0.6) is 0 Å². The maximum Gasteiger partial charge on any atom is 0.179 e. The van der Waals surface area contributed by atoms with Crippen LogP contribution in [0.15, 0.2) is 6.07 Å². The number of nitrogens with zero attached hydrogens (tertiary/aromatic N) is 1. The Balaban J connectivity index is 2.02. The average Bonchev–Trinajstić information content (AvgIpc) is 2.71. The second kappa shape index (κ2) is 7.04. The summed E-state index contributed by atoms with van der Waals surface area (Å²) in [6.45, 7) is 1.43. The summed E-state index contributed by atoms with van der Waals surface area (Å²) < 4.78 is 1.00. The lowest BCUT2D eigenvalue weighted by Gasteiger charge is -2.34. The first-order valence-electron chi connectivity index (χ1n) is 6.44.